The number of nitrogens with one attached hydrogen (secondary N) is 1. The van der Waals surface area contributed by atoms with E-state index in [1.165, 1.54) is 6.07 Å². The normalized spacial score (nSPS) is 19.0. The Morgan fingerprint density at radius 2 is 2.16 bits per heavy atom. The Balaban J connectivity index is 0.00000225. The fourth-order valence-electron chi connectivity index (χ4n) is 2.99. The number of pyridine rings is 1. The third-order valence-electron chi connectivity index (χ3n) is 4.18. The molecular weight excluding hydrogens is 431 g/mol. The van der Waals surface area contributed by atoms with Gasteiger partial charge in [0.15, 0.2) is 0 Å². The minimum absolute atomic E-state index is 0. The molecule has 0 aliphatic carbocycles. The molecule has 1 aliphatic rings. The van der Waals surface area contributed by atoms with Gasteiger partial charge in [-0.1, -0.05) is 12.1 Å². The number of hydrogen-bond donors (Lipinski definition) is 1. The second-order valence-electron chi connectivity index (χ2n) is 5.71. The van der Waals surface area contributed by atoms with Gasteiger partial charge >= 0.3 is 0 Å². The Kier molecular flexibility index (Phi) is 6.09. The van der Waals surface area contributed by atoms with Crippen LogP contribution in [-0.4, -0.2) is 34.8 Å². The fourth-order valence-corrected chi connectivity index (χ4v) is 2.99. The van der Waals surface area contributed by atoms with Crippen molar-refractivity contribution < 1.29 is 9.59 Å². The first-order chi connectivity index (χ1) is 11.6. The molecule has 1 aliphatic heterocycles. The van der Waals surface area contributed by atoms with Gasteiger partial charge < -0.3 is 10.2 Å². The summed E-state index contributed by atoms with van der Waals surface area (Å²) in [5.41, 5.74) is 1.70. The van der Waals surface area contributed by atoms with E-state index in [4.69, 9.17) is 5.26 Å². The smallest absolute Gasteiger partial charge is 0.251 e. The fraction of sp³-hybridized carbons (Fsp3) is 0.222. The average molecular weight is 448 g/mol. The summed E-state index contributed by atoms with van der Waals surface area (Å²) >= 11 is 0. The van der Waals surface area contributed by atoms with Crippen molar-refractivity contribution in [2.75, 3.05) is 7.05 Å². The van der Waals surface area contributed by atoms with E-state index in [-0.39, 0.29) is 54.3 Å². The van der Waals surface area contributed by atoms with Gasteiger partial charge in [0.05, 0.1) is 23.7 Å². The summed E-state index contributed by atoms with van der Waals surface area (Å²) < 4.78 is 0. The standard InChI is InChI=1S/C18H16N4O2.HI/c1-22-16(23)9-15(17(22)14-6-3-7-20-11-14)21-18(24)13-5-2-4-12(8-13)10-19;/h2-8,11,15,17H,9H2,1H3,(H,21,24);1H/t15-,17+;/m1./s1. The first-order valence-electron chi connectivity index (χ1n) is 7.57. The summed E-state index contributed by atoms with van der Waals surface area (Å²) in [7, 11) is 1.72. The van der Waals surface area contributed by atoms with E-state index in [9.17, 15) is 9.59 Å². The number of nitriles is 1. The van der Waals surface area contributed by atoms with Crippen LogP contribution in [0.15, 0.2) is 48.8 Å². The lowest BCUT2D eigenvalue weighted by Crippen LogP contribution is -2.39. The van der Waals surface area contributed by atoms with Crippen molar-refractivity contribution in [3.63, 3.8) is 0 Å². The maximum Gasteiger partial charge on any atom is 0.251 e. The molecule has 0 radical (unpaired) electrons. The van der Waals surface area contributed by atoms with Crippen molar-refractivity contribution >= 4 is 35.8 Å². The van der Waals surface area contributed by atoms with Crippen molar-refractivity contribution in [1.82, 2.24) is 15.2 Å². The first kappa shape index (κ1) is 18.9. The highest BCUT2D eigenvalue weighted by Gasteiger charge is 2.39. The molecule has 6 nitrogen and oxygen atoms in total. The first-order valence-corrected chi connectivity index (χ1v) is 7.57. The molecule has 2 aromatic rings. The Hall–Kier alpha value is -2.47. The molecule has 1 fully saturated rings. The number of rotatable bonds is 3. The van der Waals surface area contributed by atoms with E-state index in [0.29, 0.717) is 11.1 Å². The molecule has 3 rings (SSSR count). The van der Waals surface area contributed by atoms with E-state index < -0.39 is 0 Å². The summed E-state index contributed by atoms with van der Waals surface area (Å²) in [5, 5.41) is 11.9. The van der Waals surface area contributed by atoms with Crippen LogP contribution in [0, 0.1) is 11.3 Å². The largest absolute Gasteiger partial charge is 0.346 e. The molecule has 25 heavy (non-hydrogen) atoms. The molecular formula is C18H17IN4O2. The number of benzene rings is 1. The van der Waals surface area contributed by atoms with Gasteiger partial charge in [-0.05, 0) is 29.8 Å². The SMILES string of the molecule is CN1C(=O)C[C@@H](NC(=O)c2cccc(C#N)c2)[C@@H]1c1cccnc1.I. The van der Waals surface area contributed by atoms with E-state index in [2.05, 4.69) is 10.3 Å². The maximum atomic E-state index is 12.5. The Morgan fingerprint density at radius 1 is 1.36 bits per heavy atom. The molecule has 128 valence electrons. The zero-order valence-electron chi connectivity index (χ0n) is 13.5. The Morgan fingerprint density at radius 3 is 2.84 bits per heavy atom. The number of amides is 2. The summed E-state index contributed by atoms with van der Waals surface area (Å²) in [6, 6.07) is 11.6. The summed E-state index contributed by atoms with van der Waals surface area (Å²) in [6.45, 7) is 0. The quantitative estimate of drug-likeness (QED) is 0.731. The van der Waals surface area contributed by atoms with E-state index in [0.717, 1.165) is 5.56 Å². The Labute approximate surface area is 162 Å². The molecule has 7 heteroatoms. The lowest BCUT2D eigenvalue weighted by atomic mass is 10.0. The van der Waals surface area contributed by atoms with Gasteiger partial charge in [0.25, 0.3) is 5.91 Å². The van der Waals surface area contributed by atoms with Crippen LogP contribution in [0.4, 0.5) is 0 Å². The third-order valence-corrected chi connectivity index (χ3v) is 4.18. The Bertz CT molecular complexity index is 819. The number of carbonyl (C=O) groups is 2. The van der Waals surface area contributed by atoms with Crippen molar-refractivity contribution in [3.8, 4) is 6.07 Å². The van der Waals surface area contributed by atoms with Crippen LogP contribution in [-0.2, 0) is 4.79 Å². The van der Waals surface area contributed by atoms with Gasteiger partial charge in [-0.2, -0.15) is 5.26 Å². The molecule has 0 spiro atoms. The van der Waals surface area contributed by atoms with Crippen molar-refractivity contribution in [3.05, 3.63) is 65.5 Å². The van der Waals surface area contributed by atoms with Crippen LogP contribution in [0.1, 0.15) is 33.9 Å². The molecule has 1 N–H and O–H groups in total. The minimum atomic E-state index is -0.343. The number of likely N-dealkylation sites (N-methyl/N-ethyl adjacent to an activating group) is 1. The molecule has 0 bridgehead atoms. The summed E-state index contributed by atoms with van der Waals surface area (Å²) in [6.07, 6.45) is 3.61. The minimum Gasteiger partial charge on any atom is -0.346 e. The van der Waals surface area contributed by atoms with Crippen molar-refractivity contribution in [2.45, 2.75) is 18.5 Å². The third kappa shape index (κ3) is 3.96. The number of likely N-dealkylation sites (tertiary alicyclic amines) is 1. The molecule has 1 aromatic heterocycles. The maximum absolute atomic E-state index is 12.5. The monoisotopic (exact) mass is 448 g/mol. The zero-order chi connectivity index (χ0) is 17.1. The lowest BCUT2D eigenvalue weighted by Gasteiger charge is -2.25. The summed E-state index contributed by atoms with van der Waals surface area (Å²) in [4.78, 5) is 30.3. The van der Waals surface area contributed by atoms with Crippen LogP contribution in [0.25, 0.3) is 0 Å². The number of carbonyl (C=O) groups excluding carboxylic acids is 2. The lowest BCUT2D eigenvalue weighted by molar-refractivity contribution is -0.127. The molecule has 0 saturated carbocycles. The highest BCUT2D eigenvalue weighted by Crippen LogP contribution is 2.31. The van der Waals surface area contributed by atoms with E-state index >= 15 is 0 Å². The van der Waals surface area contributed by atoms with Gasteiger partial charge in [-0.3, -0.25) is 14.6 Å². The van der Waals surface area contributed by atoms with Gasteiger partial charge in [-0.25, -0.2) is 0 Å². The van der Waals surface area contributed by atoms with Gasteiger partial charge in [0.1, 0.15) is 0 Å². The second-order valence-corrected chi connectivity index (χ2v) is 5.71. The molecule has 2 atom stereocenters. The highest BCUT2D eigenvalue weighted by atomic mass is 127. The van der Waals surface area contributed by atoms with Gasteiger partial charge in [0.2, 0.25) is 5.91 Å². The zero-order valence-corrected chi connectivity index (χ0v) is 15.9. The predicted molar refractivity (Wildman–Crippen MR) is 102 cm³/mol. The second kappa shape index (κ2) is 8.07. The number of hydrogen-bond acceptors (Lipinski definition) is 4. The highest BCUT2D eigenvalue weighted by molar-refractivity contribution is 14.0. The molecule has 1 saturated heterocycles. The van der Waals surface area contributed by atoms with Gasteiger partial charge in [-0.15, -0.1) is 24.0 Å². The van der Waals surface area contributed by atoms with Crippen molar-refractivity contribution in [2.24, 2.45) is 0 Å². The summed E-state index contributed by atoms with van der Waals surface area (Å²) in [5.74, 6) is -0.325. The van der Waals surface area contributed by atoms with Crippen LogP contribution >= 0.6 is 24.0 Å². The number of aromatic nitrogens is 1. The van der Waals surface area contributed by atoms with Crippen LogP contribution < -0.4 is 5.32 Å². The average Bonchev–Trinajstić information content (AvgIpc) is 2.89. The number of halogens is 1. The van der Waals surface area contributed by atoms with Crippen LogP contribution in [0.5, 0.6) is 0 Å². The van der Waals surface area contributed by atoms with Crippen LogP contribution in [0.2, 0.25) is 0 Å². The predicted octanol–water partition coefficient (Wildman–Crippen LogP) is 2.27. The van der Waals surface area contributed by atoms with Gasteiger partial charge in [0, 0.05) is 31.4 Å². The van der Waals surface area contributed by atoms with Crippen molar-refractivity contribution in [1.29, 1.82) is 5.26 Å². The molecule has 1 aromatic carbocycles. The van der Waals surface area contributed by atoms with E-state index in [1.54, 1.807) is 48.6 Å². The molecule has 0 unspecified atom stereocenters. The number of nitrogens with zero attached hydrogens (tertiary/aromatic N) is 3. The molecule has 2 heterocycles. The molecule has 2 amide bonds. The van der Waals surface area contributed by atoms with Crippen LogP contribution in [0.3, 0.4) is 0 Å². The topological polar surface area (TPSA) is 86.1 Å². The van der Waals surface area contributed by atoms with E-state index in [1.807, 2.05) is 12.1 Å².